The highest BCUT2D eigenvalue weighted by Gasteiger charge is 2.26. The topological polar surface area (TPSA) is 45.8 Å². The molecule has 0 saturated heterocycles. The van der Waals surface area contributed by atoms with Gasteiger partial charge in [0.1, 0.15) is 5.82 Å². The summed E-state index contributed by atoms with van der Waals surface area (Å²) in [5, 5.41) is 0.647. The lowest BCUT2D eigenvalue weighted by atomic mass is 10.2. The number of hydrogen-bond donors (Lipinski definition) is 1. The van der Waals surface area contributed by atoms with Crippen LogP contribution in [0.2, 0.25) is 0 Å². The summed E-state index contributed by atoms with van der Waals surface area (Å²) in [4.78, 5) is 19.1. The summed E-state index contributed by atoms with van der Waals surface area (Å²) in [5.41, 5.74) is 0.728. The number of benzene rings is 1. The third-order valence-corrected chi connectivity index (χ3v) is 3.31. The van der Waals surface area contributed by atoms with Crippen molar-refractivity contribution in [2.75, 3.05) is 0 Å². The van der Waals surface area contributed by atoms with Crippen LogP contribution in [0.4, 0.5) is 0 Å². The molecule has 3 nitrogen and oxygen atoms in total. The van der Waals surface area contributed by atoms with Gasteiger partial charge in [0.15, 0.2) is 0 Å². The minimum Gasteiger partial charge on any atom is -0.310 e. The molecule has 1 fully saturated rings. The van der Waals surface area contributed by atoms with E-state index in [0.29, 0.717) is 11.3 Å². The van der Waals surface area contributed by atoms with Gasteiger partial charge in [-0.3, -0.25) is 4.79 Å². The number of para-hydroxylation sites is 1. The quantitative estimate of drug-likeness (QED) is 0.861. The van der Waals surface area contributed by atoms with Crippen LogP contribution in [0.1, 0.15) is 24.6 Å². The van der Waals surface area contributed by atoms with E-state index in [9.17, 15) is 4.79 Å². The third kappa shape index (κ3) is 1.49. The number of aromatic amines is 1. The Hall–Kier alpha value is -1.16. The van der Waals surface area contributed by atoms with Crippen LogP contribution >= 0.6 is 15.9 Å². The van der Waals surface area contributed by atoms with E-state index in [2.05, 4.69) is 25.9 Å². The maximum atomic E-state index is 11.8. The van der Waals surface area contributed by atoms with Crippen molar-refractivity contribution in [2.45, 2.75) is 18.8 Å². The molecular weight excluding hydrogens is 256 g/mol. The van der Waals surface area contributed by atoms with Gasteiger partial charge >= 0.3 is 0 Å². The Morgan fingerprint density at radius 1 is 1.40 bits per heavy atom. The number of nitrogens with one attached hydrogen (secondary N) is 1. The van der Waals surface area contributed by atoms with Crippen LogP contribution in [0, 0.1) is 0 Å². The summed E-state index contributed by atoms with van der Waals surface area (Å²) in [6, 6.07) is 5.55. The normalized spacial score (nSPS) is 15.8. The Bertz CT molecular complexity index is 587. The molecule has 0 amide bonds. The molecule has 1 N–H and O–H groups in total. The largest absolute Gasteiger partial charge is 0.310 e. The van der Waals surface area contributed by atoms with Gasteiger partial charge in [0.25, 0.3) is 5.56 Å². The van der Waals surface area contributed by atoms with Crippen molar-refractivity contribution in [2.24, 2.45) is 0 Å². The summed E-state index contributed by atoms with van der Waals surface area (Å²) in [6.45, 7) is 0. The number of rotatable bonds is 1. The molecule has 2 aromatic rings. The fourth-order valence-corrected chi connectivity index (χ4v) is 2.15. The number of H-pyrrole nitrogens is 1. The molecule has 1 aromatic carbocycles. The van der Waals surface area contributed by atoms with Crippen LogP contribution in [-0.2, 0) is 0 Å². The van der Waals surface area contributed by atoms with Crippen LogP contribution in [0.3, 0.4) is 0 Å². The number of halogens is 1. The van der Waals surface area contributed by atoms with Crippen molar-refractivity contribution in [1.82, 2.24) is 9.97 Å². The first-order valence-corrected chi connectivity index (χ1v) is 5.73. The lowest BCUT2D eigenvalue weighted by molar-refractivity contribution is 0.931. The van der Waals surface area contributed by atoms with Crippen molar-refractivity contribution in [3.05, 3.63) is 38.9 Å². The summed E-state index contributed by atoms with van der Waals surface area (Å²) >= 11 is 3.42. The van der Waals surface area contributed by atoms with E-state index < -0.39 is 0 Å². The van der Waals surface area contributed by atoms with Crippen LogP contribution in [-0.4, -0.2) is 9.97 Å². The van der Waals surface area contributed by atoms with Crippen molar-refractivity contribution in [3.63, 3.8) is 0 Å². The number of hydrogen-bond acceptors (Lipinski definition) is 2. The smallest absolute Gasteiger partial charge is 0.258 e. The fourth-order valence-electron chi connectivity index (χ4n) is 1.69. The molecule has 0 spiro atoms. The zero-order chi connectivity index (χ0) is 10.4. The van der Waals surface area contributed by atoms with Gasteiger partial charge < -0.3 is 4.98 Å². The summed E-state index contributed by atoms with van der Waals surface area (Å²) in [5.74, 6) is 1.30. The number of aromatic nitrogens is 2. The van der Waals surface area contributed by atoms with E-state index in [-0.39, 0.29) is 5.56 Å². The second-order valence-electron chi connectivity index (χ2n) is 3.86. The average Bonchev–Trinajstić information content (AvgIpc) is 3.02. The summed E-state index contributed by atoms with van der Waals surface area (Å²) < 4.78 is 0.882. The Labute approximate surface area is 94.7 Å². The Kier molecular flexibility index (Phi) is 1.92. The third-order valence-electron chi connectivity index (χ3n) is 2.67. The SMILES string of the molecule is O=c1[nH]c(C2CC2)nc2c(Br)cccc12. The monoisotopic (exact) mass is 264 g/mol. The molecular formula is C11H9BrN2O. The predicted molar refractivity (Wildman–Crippen MR) is 62.0 cm³/mol. The summed E-state index contributed by atoms with van der Waals surface area (Å²) in [6.07, 6.45) is 2.28. The molecule has 76 valence electrons. The van der Waals surface area contributed by atoms with E-state index in [1.165, 1.54) is 0 Å². The van der Waals surface area contributed by atoms with Gasteiger partial charge in [-0.15, -0.1) is 0 Å². The van der Waals surface area contributed by atoms with E-state index in [0.717, 1.165) is 28.7 Å². The van der Waals surface area contributed by atoms with Crippen molar-refractivity contribution in [1.29, 1.82) is 0 Å². The van der Waals surface area contributed by atoms with Crippen molar-refractivity contribution >= 4 is 26.8 Å². The van der Waals surface area contributed by atoms with Crippen LogP contribution in [0.5, 0.6) is 0 Å². The molecule has 1 aliphatic rings. The van der Waals surface area contributed by atoms with E-state index in [4.69, 9.17) is 0 Å². The lowest BCUT2D eigenvalue weighted by Crippen LogP contribution is -2.11. The maximum absolute atomic E-state index is 11.8. The van der Waals surface area contributed by atoms with E-state index in [1.54, 1.807) is 6.07 Å². The first-order chi connectivity index (χ1) is 7.25. The van der Waals surface area contributed by atoms with Crippen molar-refractivity contribution < 1.29 is 0 Å². The second-order valence-corrected chi connectivity index (χ2v) is 4.72. The van der Waals surface area contributed by atoms with Crippen molar-refractivity contribution in [3.8, 4) is 0 Å². The molecule has 0 unspecified atom stereocenters. The van der Waals surface area contributed by atoms with Gasteiger partial charge in [-0.2, -0.15) is 0 Å². The summed E-state index contributed by atoms with van der Waals surface area (Å²) in [7, 11) is 0. The standard InChI is InChI=1S/C11H9BrN2O/c12-8-3-1-2-7-9(8)13-10(6-4-5-6)14-11(7)15/h1-3,6H,4-5H2,(H,13,14,15). The zero-order valence-electron chi connectivity index (χ0n) is 7.96. The second kappa shape index (κ2) is 3.17. The van der Waals surface area contributed by atoms with Gasteiger partial charge in [0.2, 0.25) is 0 Å². The molecule has 1 saturated carbocycles. The van der Waals surface area contributed by atoms with E-state index >= 15 is 0 Å². The average molecular weight is 265 g/mol. The molecule has 0 bridgehead atoms. The highest BCUT2D eigenvalue weighted by atomic mass is 79.9. The Morgan fingerprint density at radius 3 is 2.93 bits per heavy atom. The van der Waals surface area contributed by atoms with Crippen LogP contribution in [0.15, 0.2) is 27.5 Å². The zero-order valence-corrected chi connectivity index (χ0v) is 9.54. The minimum absolute atomic E-state index is 0.0387. The van der Waals surface area contributed by atoms with Crippen LogP contribution < -0.4 is 5.56 Å². The molecule has 1 aliphatic carbocycles. The fraction of sp³-hybridized carbons (Fsp3) is 0.273. The predicted octanol–water partition coefficient (Wildman–Crippen LogP) is 2.56. The molecule has 0 radical (unpaired) electrons. The molecule has 0 atom stereocenters. The molecule has 15 heavy (non-hydrogen) atoms. The number of nitrogens with zero attached hydrogens (tertiary/aromatic N) is 1. The Morgan fingerprint density at radius 2 is 2.20 bits per heavy atom. The van der Waals surface area contributed by atoms with Gasteiger partial charge in [-0.25, -0.2) is 4.98 Å². The lowest BCUT2D eigenvalue weighted by Gasteiger charge is -2.02. The van der Waals surface area contributed by atoms with Crippen LogP contribution in [0.25, 0.3) is 10.9 Å². The van der Waals surface area contributed by atoms with Gasteiger partial charge in [0, 0.05) is 10.4 Å². The van der Waals surface area contributed by atoms with Gasteiger partial charge in [-0.05, 0) is 40.9 Å². The molecule has 1 heterocycles. The highest BCUT2D eigenvalue weighted by Crippen LogP contribution is 2.38. The molecule has 1 aromatic heterocycles. The van der Waals surface area contributed by atoms with Gasteiger partial charge in [0.05, 0.1) is 10.9 Å². The Balaban J connectivity index is 2.37. The maximum Gasteiger partial charge on any atom is 0.258 e. The molecule has 3 rings (SSSR count). The highest BCUT2D eigenvalue weighted by molar-refractivity contribution is 9.10. The molecule has 4 heteroatoms. The minimum atomic E-state index is -0.0387. The van der Waals surface area contributed by atoms with E-state index in [1.807, 2.05) is 12.1 Å². The number of fused-ring (bicyclic) bond motifs is 1. The molecule has 0 aliphatic heterocycles. The first-order valence-electron chi connectivity index (χ1n) is 4.94. The first kappa shape index (κ1) is 9.09. The van der Waals surface area contributed by atoms with Gasteiger partial charge in [-0.1, -0.05) is 6.07 Å².